The maximum absolute atomic E-state index is 12.5. The lowest BCUT2D eigenvalue weighted by molar-refractivity contribution is 0.414. The third-order valence-electron chi connectivity index (χ3n) is 4.30. The second-order valence-corrected chi connectivity index (χ2v) is 7.96. The van der Waals surface area contributed by atoms with E-state index in [2.05, 4.69) is 36.0 Å². The van der Waals surface area contributed by atoms with Crippen LogP contribution in [-0.4, -0.2) is 15.5 Å². The molecule has 0 aliphatic heterocycles. The Hall–Kier alpha value is -2.99. The van der Waals surface area contributed by atoms with Crippen molar-refractivity contribution in [2.75, 3.05) is 17.1 Å². The van der Waals surface area contributed by atoms with Crippen LogP contribution in [0.1, 0.15) is 11.1 Å². The summed E-state index contributed by atoms with van der Waals surface area (Å²) >= 11 is 0. The van der Waals surface area contributed by atoms with E-state index in [1.165, 1.54) is 30.4 Å². The molecule has 3 rings (SSSR count). The molecule has 6 heteroatoms. The third-order valence-corrected chi connectivity index (χ3v) is 5.70. The number of sulfonamides is 1. The molecule has 0 aliphatic carbocycles. The summed E-state index contributed by atoms with van der Waals surface area (Å²) in [5.74, 6) is 0.607. The molecule has 140 valence electrons. The Morgan fingerprint density at radius 3 is 1.93 bits per heavy atom. The van der Waals surface area contributed by atoms with Gasteiger partial charge in [0.2, 0.25) is 0 Å². The fourth-order valence-electron chi connectivity index (χ4n) is 2.58. The van der Waals surface area contributed by atoms with E-state index >= 15 is 0 Å². The molecular formula is C21H22N2O3S. The third kappa shape index (κ3) is 4.60. The molecule has 0 spiro atoms. The highest BCUT2D eigenvalue weighted by Crippen LogP contribution is 2.23. The van der Waals surface area contributed by atoms with E-state index < -0.39 is 10.0 Å². The largest absolute Gasteiger partial charge is 0.497 e. The summed E-state index contributed by atoms with van der Waals surface area (Å²) in [6, 6.07) is 19.5. The van der Waals surface area contributed by atoms with E-state index in [0.29, 0.717) is 11.4 Å². The molecule has 0 aliphatic rings. The summed E-state index contributed by atoms with van der Waals surface area (Å²) in [5, 5.41) is 3.32. The molecular weight excluding hydrogens is 360 g/mol. The minimum atomic E-state index is -3.65. The first-order valence-electron chi connectivity index (χ1n) is 8.48. The molecule has 0 bridgehead atoms. The molecule has 5 nitrogen and oxygen atoms in total. The van der Waals surface area contributed by atoms with Gasteiger partial charge in [-0.3, -0.25) is 4.72 Å². The quantitative estimate of drug-likeness (QED) is 0.639. The van der Waals surface area contributed by atoms with Gasteiger partial charge in [-0.25, -0.2) is 8.42 Å². The molecule has 3 aromatic carbocycles. The zero-order chi connectivity index (χ0) is 19.4. The van der Waals surface area contributed by atoms with Crippen molar-refractivity contribution in [2.24, 2.45) is 0 Å². The van der Waals surface area contributed by atoms with Crippen LogP contribution >= 0.6 is 0 Å². The SMILES string of the molecule is COc1ccc(S(=O)(=O)Nc2ccc(Nc3ccc(C)c(C)c3)cc2)cc1. The normalized spacial score (nSPS) is 11.1. The van der Waals surface area contributed by atoms with Crippen LogP contribution in [0.3, 0.4) is 0 Å². The number of nitrogens with one attached hydrogen (secondary N) is 2. The Kier molecular flexibility index (Phi) is 5.37. The summed E-state index contributed by atoms with van der Waals surface area (Å²) in [6.45, 7) is 4.14. The van der Waals surface area contributed by atoms with Gasteiger partial charge >= 0.3 is 0 Å². The summed E-state index contributed by atoms with van der Waals surface area (Å²) in [4.78, 5) is 0.181. The Morgan fingerprint density at radius 1 is 0.741 bits per heavy atom. The molecule has 0 unspecified atom stereocenters. The zero-order valence-corrected chi connectivity index (χ0v) is 16.3. The average molecular weight is 382 g/mol. The van der Waals surface area contributed by atoms with E-state index in [1.54, 1.807) is 24.3 Å². The van der Waals surface area contributed by atoms with Gasteiger partial charge in [0, 0.05) is 17.1 Å². The van der Waals surface area contributed by atoms with Crippen LogP contribution in [0.5, 0.6) is 5.75 Å². The van der Waals surface area contributed by atoms with Gasteiger partial charge in [-0.15, -0.1) is 0 Å². The fourth-order valence-corrected chi connectivity index (χ4v) is 3.64. The molecule has 0 atom stereocenters. The van der Waals surface area contributed by atoms with Gasteiger partial charge in [-0.05, 0) is 85.6 Å². The van der Waals surface area contributed by atoms with Gasteiger partial charge < -0.3 is 10.1 Å². The molecule has 0 saturated carbocycles. The van der Waals surface area contributed by atoms with Crippen molar-refractivity contribution in [3.63, 3.8) is 0 Å². The standard InChI is InChI=1S/C21H22N2O3S/c1-15-4-5-19(14-16(15)2)22-17-6-8-18(9-7-17)23-27(24,25)21-12-10-20(26-3)11-13-21/h4-14,22-23H,1-3H3. The van der Waals surface area contributed by atoms with Crippen molar-refractivity contribution in [3.05, 3.63) is 77.9 Å². The monoisotopic (exact) mass is 382 g/mol. The number of ether oxygens (including phenoxy) is 1. The fraction of sp³-hybridized carbons (Fsp3) is 0.143. The van der Waals surface area contributed by atoms with Crippen LogP contribution in [-0.2, 0) is 10.0 Å². The lowest BCUT2D eigenvalue weighted by atomic mass is 10.1. The summed E-state index contributed by atoms with van der Waals surface area (Å²) in [5.41, 5.74) is 4.82. The number of hydrogen-bond acceptors (Lipinski definition) is 4. The van der Waals surface area contributed by atoms with Crippen LogP contribution in [0, 0.1) is 13.8 Å². The van der Waals surface area contributed by atoms with E-state index in [0.717, 1.165) is 11.4 Å². The molecule has 0 radical (unpaired) electrons. The Bertz CT molecular complexity index is 1030. The summed E-state index contributed by atoms with van der Waals surface area (Å²) < 4.78 is 32.6. The Labute approximate surface area is 160 Å². The lowest BCUT2D eigenvalue weighted by Gasteiger charge is -2.11. The van der Waals surface area contributed by atoms with Gasteiger partial charge in [-0.2, -0.15) is 0 Å². The van der Waals surface area contributed by atoms with Crippen LogP contribution < -0.4 is 14.8 Å². The molecule has 2 N–H and O–H groups in total. The van der Waals surface area contributed by atoms with Crippen LogP contribution in [0.15, 0.2) is 71.6 Å². The Morgan fingerprint density at radius 2 is 1.33 bits per heavy atom. The second-order valence-electron chi connectivity index (χ2n) is 6.28. The van der Waals surface area contributed by atoms with Crippen molar-refractivity contribution < 1.29 is 13.2 Å². The molecule has 0 amide bonds. The first-order chi connectivity index (χ1) is 12.9. The van der Waals surface area contributed by atoms with Gasteiger partial charge in [0.25, 0.3) is 10.0 Å². The predicted molar refractivity (Wildman–Crippen MR) is 109 cm³/mol. The number of methoxy groups -OCH3 is 1. The van der Waals surface area contributed by atoms with Gasteiger partial charge in [-0.1, -0.05) is 6.07 Å². The summed E-state index contributed by atoms with van der Waals surface area (Å²) in [7, 11) is -2.11. The topological polar surface area (TPSA) is 67.4 Å². The van der Waals surface area contributed by atoms with Crippen LogP contribution in [0.25, 0.3) is 0 Å². The van der Waals surface area contributed by atoms with Crippen molar-refractivity contribution in [3.8, 4) is 5.75 Å². The van der Waals surface area contributed by atoms with Crippen molar-refractivity contribution in [1.82, 2.24) is 0 Å². The van der Waals surface area contributed by atoms with E-state index in [-0.39, 0.29) is 4.90 Å². The van der Waals surface area contributed by atoms with Crippen LogP contribution in [0.2, 0.25) is 0 Å². The van der Waals surface area contributed by atoms with E-state index in [4.69, 9.17) is 4.74 Å². The Balaban J connectivity index is 1.71. The number of anilines is 3. The number of rotatable bonds is 6. The van der Waals surface area contributed by atoms with E-state index in [1.807, 2.05) is 18.2 Å². The highest BCUT2D eigenvalue weighted by atomic mass is 32.2. The average Bonchev–Trinajstić information content (AvgIpc) is 2.66. The van der Waals surface area contributed by atoms with Crippen molar-refractivity contribution in [1.29, 1.82) is 0 Å². The molecule has 27 heavy (non-hydrogen) atoms. The molecule has 0 aromatic heterocycles. The summed E-state index contributed by atoms with van der Waals surface area (Å²) in [6.07, 6.45) is 0. The second kappa shape index (κ2) is 7.72. The molecule has 3 aromatic rings. The molecule has 0 heterocycles. The highest BCUT2D eigenvalue weighted by molar-refractivity contribution is 7.92. The first-order valence-corrected chi connectivity index (χ1v) is 9.97. The predicted octanol–water partition coefficient (Wildman–Crippen LogP) is 4.86. The van der Waals surface area contributed by atoms with Crippen LogP contribution in [0.4, 0.5) is 17.1 Å². The van der Waals surface area contributed by atoms with Crippen molar-refractivity contribution in [2.45, 2.75) is 18.7 Å². The number of hydrogen-bond donors (Lipinski definition) is 2. The minimum Gasteiger partial charge on any atom is -0.497 e. The molecule has 0 saturated heterocycles. The van der Waals surface area contributed by atoms with Gasteiger partial charge in [0.1, 0.15) is 5.75 Å². The van der Waals surface area contributed by atoms with Gasteiger partial charge in [0.05, 0.1) is 12.0 Å². The molecule has 0 fully saturated rings. The van der Waals surface area contributed by atoms with Crippen molar-refractivity contribution >= 4 is 27.1 Å². The van der Waals surface area contributed by atoms with Gasteiger partial charge in [0.15, 0.2) is 0 Å². The number of aryl methyl sites for hydroxylation is 2. The maximum atomic E-state index is 12.5. The number of benzene rings is 3. The minimum absolute atomic E-state index is 0.181. The first kappa shape index (κ1) is 18.8. The van der Waals surface area contributed by atoms with E-state index in [9.17, 15) is 8.42 Å². The highest BCUT2D eigenvalue weighted by Gasteiger charge is 2.14. The maximum Gasteiger partial charge on any atom is 0.261 e. The lowest BCUT2D eigenvalue weighted by Crippen LogP contribution is -2.12. The smallest absolute Gasteiger partial charge is 0.261 e. The zero-order valence-electron chi connectivity index (χ0n) is 15.5.